The highest BCUT2D eigenvalue weighted by Gasteiger charge is 2.37. The van der Waals surface area contributed by atoms with Gasteiger partial charge in [-0.2, -0.15) is 0 Å². The molecule has 4 rings (SSSR count). The van der Waals surface area contributed by atoms with Crippen molar-refractivity contribution in [1.29, 1.82) is 0 Å². The number of rotatable bonds is 5. The van der Waals surface area contributed by atoms with Gasteiger partial charge in [-0.05, 0) is 47.2 Å². The van der Waals surface area contributed by atoms with Crippen LogP contribution in [0, 0.1) is 0 Å². The summed E-state index contributed by atoms with van der Waals surface area (Å²) in [5, 5.41) is 11.5. The third-order valence-electron chi connectivity index (χ3n) is 5.88. The molecule has 31 heavy (non-hydrogen) atoms. The number of hydrogen-bond acceptors (Lipinski definition) is 4. The fourth-order valence-corrected chi connectivity index (χ4v) is 4.05. The summed E-state index contributed by atoms with van der Waals surface area (Å²) in [7, 11) is 1.64. The number of amides is 1. The van der Waals surface area contributed by atoms with Crippen molar-refractivity contribution in [1.82, 2.24) is 4.90 Å². The molecule has 5 heteroatoms. The SMILES string of the molecule is COc1ccc(-c2ccccc2C2(O)CCN(C(=O)OCc3ccccc3)CC2)cc1. The average Bonchev–Trinajstić information content (AvgIpc) is 2.84. The number of carbonyl (C=O) groups excluding carboxylic acids is 1. The summed E-state index contributed by atoms with van der Waals surface area (Å²) in [5.74, 6) is 0.794. The molecule has 1 saturated heterocycles. The van der Waals surface area contributed by atoms with Crippen molar-refractivity contribution in [3.8, 4) is 16.9 Å². The van der Waals surface area contributed by atoms with Crippen molar-refractivity contribution in [2.75, 3.05) is 20.2 Å². The van der Waals surface area contributed by atoms with E-state index >= 15 is 0 Å². The first-order valence-corrected chi connectivity index (χ1v) is 10.5. The Labute approximate surface area is 182 Å². The molecule has 3 aromatic carbocycles. The lowest BCUT2D eigenvalue weighted by Crippen LogP contribution is -2.45. The highest BCUT2D eigenvalue weighted by atomic mass is 16.6. The molecule has 0 saturated carbocycles. The van der Waals surface area contributed by atoms with Crippen LogP contribution in [-0.4, -0.2) is 36.3 Å². The Kier molecular flexibility index (Phi) is 6.23. The summed E-state index contributed by atoms with van der Waals surface area (Å²) in [6.07, 6.45) is 0.579. The molecule has 3 aromatic rings. The van der Waals surface area contributed by atoms with Gasteiger partial charge in [-0.1, -0.05) is 66.7 Å². The van der Waals surface area contributed by atoms with Crippen molar-refractivity contribution in [3.05, 3.63) is 90.0 Å². The Morgan fingerprint density at radius 1 is 0.935 bits per heavy atom. The average molecular weight is 418 g/mol. The van der Waals surface area contributed by atoms with E-state index in [1.165, 1.54) is 0 Å². The molecular weight excluding hydrogens is 390 g/mol. The van der Waals surface area contributed by atoms with Gasteiger partial charge >= 0.3 is 6.09 Å². The Morgan fingerprint density at radius 2 is 1.58 bits per heavy atom. The largest absolute Gasteiger partial charge is 0.497 e. The van der Waals surface area contributed by atoms with Crippen LogP contribution < -0.4 is 4.74 Å². The number of aliphatic hydroxyl groups is 1. The number of nitrogens with zero attached hydrogens (tertiary/aromatic N) is 1. The molecule has 1 aliphatic rings. The number of piperidine rings is 1. The molecule has 0 unspecified atom stereocenters. The third kappa shape index (κ3) is 4.72. The number of methoxy groups -OCH3 is 1. The van der Waals surface area contributed by atoms with Crippen molar-refractivity contribution < 1.29 is 19.4 Å². The van der Waals surface area contributed by atoms with E-state index in [9.17, 15) is 9.90 Å². The maximum Gasteiger partial charge on any atom is 0.410 e. The quantitative estimate of drug-likeness (QED) is 0.636. The zero-order valence-electron chi connectivity index (χ0n) is 17.7. The van der Waals surface area contributed by atoms with Crippen LogP contribution in [-0.2, 0) is 16.9 Å². The minimum Gasteiger partial charge on any atom is -0.497 e. The van der Waals surface area contributed by atoms with E-state index in [0.29, 0.717) is 25.9 Å². The fraction of sp³-hybridized carbons (Fsp3) is 0.269. The molecule has 160 valence electrons. The number of benzene rings is 3. The third-order valence-corrected chi connectivity index (χ3v) is 5.88. The molecule has 0 atom stereocenters. The maximum absolute atomic E-state index is 12.5. The van der Waals surface area contributed by atoms with E-state index in [-0.39, 0.29) is 12.7 Å². The summed E-state index contributed by atoms with van der Waals surface area (Å²) in [4.78, 5) is 14.2. The fourth-order valence-electron chi connectivity index (χ4n) is 4.05. The van der Waals surface area contributed by atoms with Gasteiger partial charge in [0.1, 0.15) is 12.4 Å². The molecule has 1 fully saturated rings. The number of ether oxygens (including phenoxy) is 2. The van der Waals surface area contributed by atoms with Gasteiger partial charge in [-0.15, -0.1) is 0 Å². The topological polar surface area (TPSA) is 59.0 Å². The van der Waals surface area contributed by atoms with Gasteiger partial charge in [0.15, 0.2) is 0 Å². The van der Waals surface area contributed by atoms with Crippen LogP contribution in [0.25, 0.3) is 11.1 Å². The predicted molar refractivity (Wildman–Crippen MR) is 120 cm³/mol. The summed E-state index contributed by atoms with van der Waals surface area (Å²) in [5.41, 5.74) is 2.87. The zero-order valence-corrected chi connectivity index (χ0v) is 17.7. The van der Waals surface area contributed by atoms with Gasteiger partial charge in [0.2, 0.25) is 0 Å². The second-order valence-electron chi connectivity index (χ2n) is 7.83. The van der Waals surface area contributed by atoms with Crippen LogP contribution in [0.3, 0.4) is 0 Å². The van der Waals surface area contributed by atoms with Crippen LogP contribution >= 0.6 is 0 Å². The highest BCUT2D eigenvalue weighted by Crippen LogP contribution is 2.39. The molecule has 1 aliphatic heterocycles. The lowest BCUT2D eigenvalue weighted by atomic mass is 9.80. The lowest BCUT2D eigenvalue weighted by Gasteiger charge is -2.39. The molecule has 1 N–H and O–H groups in total. The van der Waals surface area contributed by atoms with E-state index in [0.717, 1.165) is 28.0 Å². The smallest absolute Gasteiger partial charge is 0.410 e. The van der Waals surface area contributed by atoms with E-state index in [1.54, 1.807) is 12.0 Å². The first-order chi connectivity index (χ1) is 15.1. The van der Waals surface area contributed by atoms with E-state index < -0.39 is 5.60 Å². The first-order valence-electron chi connectivity index (χ1n) is 10.5. The van der Waals surface area contributed by atoms with Crippen LogP contribution in [0.15, 0.2) is 78.9 Å². The molecule has 1 heterocycles. The van der Waals surface area contributed by atoms with Gasteiger partial charge < -0.3 is 19.5 Å². The van der Waals surface area contributed by atoms with Crippen LogP contribution in [0.1, 0.15) is 24.0 Å². The van der Waals surface area contributed by atoms with Crippen molar-refractivity contribution >= 4 is 6.09 Å². The van der Waals surface area contributed by atoms with Gasteiger partial charge in [-0.25, -0.2) is 4.79 Å². The molecule has 0 bridgehead atoms. The Balaban J connectivity index is 1.44. The summed E-state index contributed by atoms with van der Waals surface area (Å²) < 4.78 is 10.7. The van der Waals surface area contributed by atoms with Crippen molar-refractivity contribution in [3.63, 3.8) is 0 Å². The van der Waals surface area contributed by atoms with E-state index in [2.05, 4.69) is 0 Å². The first kappa shape index (κ1) is 20.9. The van der Waals surface area contributed by atoms with Crippen LogP contribution in [0.5, 0.6) is 5.75 Å². The van der Waals surface area contributed by atoms with E-state index in [4.69, 9.17) is 9.47 Å². The minimum absolute atomic E-state index is 0.251. The second-order valence-corrected chi connectivity index (χ2v) is 7.83. The molecule has 0 spiro atoms. The van der Waals surface area contributed by atoms with Crippen molar-refractivity contribution in [2.45, 2.75) is 25.0 Å². The standard InChI is InChI=1S/C26H27NO4/c1-30-22-13-11-21(12-14-22)23-9-5-6-10-24(23)26(29)15-17-27(18-16-26)25(28)31-19-20-7-3-2-4-8-20/h2-14,29H,15-19H2,1H3. The van der Waals surface area contributed by atoms with E-state index in [1.807, 2.05) is 78.9 Å². The number of hydrogen-bond donors (Lipinski definition) is 1. The highest BCUT2D eigenvalue weighted by molar-refractivity contribution is 5.70. The number of carbonyl (C=O) groups is 1. The molecule has 0 aliphatic carbocycles. The monoisotopic (exact) mass is 417 g/mol. The Morgan fingerprint density at radius 3 is 2.26 bits per heavy atom. The minimum atomic E-state index is -0.993. The molecule has 0 radical (unpaired) electrons. The van der Waals surface area contributed by atoms with Gasteiger partial charge in [0.25, 0.3) is 0 Å². The van der Waals surface area contributed by atoms with Crippen LogP contribution in [0.4, 0.5) is 4.79 Å². The summed E-state index contributed by atoms with van der Waals surface area (Å²) in [6, 6.07) is 25.4. The molecular formula is C26H27NO4. The predicted octanol–water partition coefficient (Wildman–Crippen LogP) is 4.98. The van der Waals surface area contributed by atoms with Crippen molar-refractivity contribution in [2.24, 2.45) is 0 Å². The molecule has 0 aromatic heterocycles. The lowest BCUT2D eigenvalue weighted by molar-refractivity contribution is -0.0250. The Hall–Kier alpha value is -3.31. The normalized spacial score (nSPS) is 15.4. The number of likely N-dealkylation sites (tertiary alicyclic amines) is 1. The van der Waals surface area contributed by atoms with Gasteiger partial charge in [-0.3, -0.25) is 0 Å². The van der Waals surface area contributed by atoms with Gasteiger partial charge in [0.05, 0.1) is 12.7 Å². The summed E-state index contributed by atoms with van der Waals surface area (Å²) >= 11 is 0. The Bertz CT molecular complexity index is 1010. The maximum atomic E-state index is 12.5. The zero-order chi connectivity index (χ0) is 21.7. The van der Waals surface area contributed by atoms with Crippen LogP contribution in [0.2, 0.25) is 0 Å². The summed E-state index contributed by atoms with van der Waals surface area (Å²) in [6.45, 7) is 1.14. The molecule has 5 nitrogen and oxygen atoms in total. The molecule has 1 amide bonds. The second kappa shape index (κ2) is 9.23. The van der Waals surface area contributed by atoms with Gasteiger partial charge in [0, 0.05) is 13.1 Å².